The Morgan fingerprint density at radius 1 is 1.53 bits per heavy atom. The van der Waals surface area contributed by atoms with Crippen LogP contribution >= 0.6 is 23.2 Å². The Labute approximate surface area is 96.8 Å². The molecule has 0 saturated carbocycles. The van der Waals surface area contributed by atoms with Gasteiger partial charge in [-0.05, 0) is 6.42 Å². The van der Waals surface area contributed by atoms with Gasteiger partial charge >= 0.3 is 5.97 Å². The van der Waals surface area contributed by atoms with Crippen molar-refractivity contribution in [3.8, 4) is 5.75 Å². The molecule has 0 spiro atoms. The monoisotopic (exact) mass is 249 g/mol. The lowest BCUT2D eigenvalue weighted by atomic mass is 10.3. The van der Waals surface area contributed by atoms with Crippen LogP contribution in [0.1, 0.15) is 12.8 Å². The molecule has 1 rings (SSSR count). The molecule has 1 aromatic rings. The van der Waals surface area contributed by atoms with Crippen LogP contribution in [0, 0.1) is 0 Å². The van der Waals surface area contributed by atoms with Crippen LogP contribution in [-0.2, 0) is 4.79 Å². The summed E-state index contributed by atoms with van der Waals surface area (Å²) in [7, 11) is 0. The summed E-state index contributed by atoms with van der Waals surface area (Å²) >= 11 is 11.3. The number of nitrogens with zero attached hydrogens (tertiary/aromatic N) is 1. The van der Waals surface area contributed by atoms with Gasteiger partial charge in [-0.15, -0.1) is 0 Å². The number of carboxylic acid groups (broad SMARTS) is 1. The summed E-state index contributed by atoms with van der Waals surface area (Å²) in [6, 6.07) is 1.54. The molecule has 0 saturated heterocycles. The van der Waals surface area contributed by atoms with E-state index < -0.39 is 5.97 Å². The van der Waals surface area contributed by atoms with E-state index in [2.05, 4.69) is 4.98 Å². The minimum absolute atomic E-state index is 0.0781. The van der Waals surface area contributed by atoms with E-state index in [-0.39, 0.29) is 11.6 Å². The smallest absolute Gasteiger partial charge is 0.303 e. The first-order chi connectivity index (χ1) is 7.09. The quantitative estimate of drug-likeness (QED) is 0.644. The Balaban J connectivity index is 2.38. The molecule has 0 fully saturated rings. The normalized spacial score (nSPS) is 10.0. The molecule has 0 aliphatic heterocycles. The van der Waals surface area contributed by atoms with Crippen molar-refractivity contribution in [3.05, 3.63) is 22.4 Å². The molecule has 0 atom stereocenters. The van der Waals surface area contributed by atoms with Crippen molar-refractivity contribution in [2.24, 2.45) is 0 Å². The molecule has 1 aromatic heterocycles. The number of carboxylic acids is 1. The van der Waals surface area contributed by atoms with Crippen LogP contribution in [0.3, 0.4) is 0 Å². The Hall–Kier alpha value is -1.000. The predicted octanol–water partition coefficient (Wildman–Crippen LogP) is 2.63. The molecule has 82 valence electrons. The molecule has 0 radical (unpaired) electrons. The fraction of sp³-hybridized carbons (Fsp3) is 0.333. The summed E-state index contributed by atoms with van der Waals surface area (Å²) in [5.74, 6) is -0.361. The van der Waals surface area contributed by atoms with Crippen molar-refractivity contribution < 1.29 is 14.6 Å². The van der Waals surface area contributed by atoms with Crippen LogP contribution in [0.4, 0.5) is 0 Å². The van der Waals surface area contributed by atoms with E-state index in [0.717, 1.165) is 0 Å². The van der Waals surface area contributed by atoms with Crippen molar-refractivity contribution in [2.45, 2.75) is 12.8 Å². The van der Waals surface area contributed by atoms with Gasteiger partial charge in [0.05, 0.1) is 17.8 Å². The number of aromatic nitrogens is 1. The molecule has 6 heteroatoms. The minimum Gasteiger partial charge on any atom is -0.492 e. The standard InChI is InChI=1S/C9H9Cl2NO3/c10-7-4-6(5-12-9(7)11)15-3-1-2-8(13)14/h4-5H,1-3H2,(H,13,14). The summed E-state index contributed by atoms with van der Waals surface area (Å²) in [4.78, 5) is 14.0. The van der Waals surface area contributed by atoms with Gasteiger partial charge < -0.3 is 9.84 Å². The second-order valence-corrected chi connectivity index (χ2v) is 3.55. The molecular weight excluding hydrogens is 241 g/mol. The highest BCUT2D eigenvalue weighted by atomic mass is 35.5. The number of carbonyl (C=O) groups is 1. The minimum atomic E-state index is -0.842. The summed E-state index contributed by atoms with van der Waals surface area (Å²) < 4.78 is 5.22. The lowest BCUT2D eigenvalue weighted by Crippen LogP contribution is -2.02. The molecule has 0 amide bonds. The van der Waals surface area contributed by atoms with Crippen molar-refractivity contribution >= 4 is 29.2 Å². The fourth-order valence-electron chi connectivity index (χ4n) is 0.896. The van der Waals surface area contributed by atoms with E-state index in [1.165, 1.54) is 12.3 Å². The van der Waals surface area contributed by atoms with Gasteiger partial charge in [-0.2, -0.15) is 0 Å². The van der Waals surface area contributed by atoms with Gasteiger partial charge in [0, 0.05) is 12.5 Å². The molecule has 0 aliphatic carbocycles. The summed E-state index contributed by atoms with van der Waals surface area (Å²) in [5, 5.41) is 8.91. The maximum absolute atomic E-state index is 10.2. The molecule has 1 heterocycles. The second kappa shape index (κ2) is 5.78. The highest BCUT2D eigenvalue weighted by Crippen LogP contribution is 2.23. The van der Waals surface area contributed by atoms with Crippen molar-refractivity contribution in [1.82, 2.24) is 4.98 Å². The molecule has 15 heavy (non-hydrogen) atoms. The van der Waals surface area contributed by atoms with Gasteiger partial charge in [0.25, 0.3) is 0 Å². The van der Waals surface area contributed by atoms with E-state index in [9.17, 15) is 4.79 Å². The molecular formula is C9H9Cl2NO3. The van der Waals surface area contributed by atoms with Gasteiger partial charge in [-0.3, -0.25) is 4.79 Å². The van der Waals surface area contributed by atoms with Crippen molar-refractivity contribution in [2.75, 3.05) is 6.61 Å². The van der Waals surface area contributed by atoms with Crippen LogP contribution in [0.15, 0.2) is 12.3 Å². The van der Waals surface area contributed by atoms with E-state index in [1.54, 1.807) is 0 Å². The summed E-state index contributed by atoms with van der Waals surface area (Å²) in [6.07, 6.45) is 1.96. The summed E-state index contributed by atoms with van der Waals surface area (Å²) in [6.45, 7) is 0.311. The number of hydrogen-bond donors (Lipinski definition) is 1. The van der Waals surface area contributed by atoms with E-state index >= 15 is 0 Å². The fourth-order valence-corrected chi connectivity index (χ4v) is 1.16. The average molecular weight is 250 g/mol. The average Bonchev–Trinajstić information content (AvgIpc) is 2.18. The zero-order chi connectivity index (χ0) is 11.3. The molecule has 4 nitrogen and oxygen atoms in total. The number of halogens is 2. The van der Waals surface area contributed by atoms with Crippen LogP contribution in [0.25, 0.3) is 0 Å². The first-order valence-electron chi connectivity index (χ1n) is 4.25. The maximum atomic E-state index is 10.2. The van der Waals surface area contributed by atoms with E-state index in [0.29, 0.717) is 23.8 Å². The molecule has 0 aliphatic rings. The molecule has 0 unspecified atom stereocenters. The molecule has 0 bridgehead atoms. The SMILES string of the molecule is O=C(O)CCCOc1cnc(Cl)c(Cl)c1. The second-order valence-electron chi connectivity index (χ2n) is 2.79. The highest BCUT2D eigenvalue weighted by Gasteiger charge is 2.02. The number of rotatable bonds is 5. The molecule has 1 N–H and O–H groups in total. The van der Waals surface area contributed by atoms with Gasteiger partial charge in [0.2, 0.25) is 0 Å². The van der Waals surface area contributed by atoms with E-state index in [1.807, 2.05) is 0 Å². The largest absolute Gasteiger partial charge is 0.492 e. The third-order valence-electron chi connectivity index (χ3n) is 1.57. The lowest BCUT2D eigenvalue weighted by Gasteiger charge is -2.05. The third kappa shape index (κ3) is 4.36. The Bertz CT molecular complexity index is 357. The van der Waals surface area contributed by atoms with Gasteiger partial charge in [0.1, 0.15) is 10.9 Å². The number of aliphatic carboxylic acids is 1. The maximum Gasteiger partial charge on any atom is 0.303 e. The zero-order valence-electron chi connectivity index (χ0n) is 7.74. The third-order valence-corrected chi connectivity index (χ3v) is 2.26. The van der Waals surface area contributed by atoms with Crippen LogP contribution in [0.2, 0.25) is 10.2 Å². The first kappa shape index (κ1) is 12.1. The number of ether oxygens (including phenoxy) is 1. The number of hydrogen-bond acceptors (Lipinski definition) is 3. The molecule has 0 aromatic carbocycles. The van der Waals surface area contributed by atoms with Gasteiger partial charge in [-0.1, -0.05) is 23.2 Å². The zero-order valence-corrected chi connectivity index (χ0v) is 9.25. The Morgan fingerprint density at radius 3 is 2.87 bits per heavy atom. The number of pyridine rings is 1. The summed E-state index contributed by atoms with van der Waals surface area (Å²) in [5.41, 5.74) is 0. The predicted molar refractivity (Wildman–Crippen MR) is 56.6 cm³/mol. The van der Waals surface area contributed by atoms with Crippen LogP contribution < -0.4 is 4.74 Å². The van der Waals surface area contributed by atoms with Crippen LogP contribution in [-0.4, -0.2) is 22.7 Å². The van der Waals surface area contributed by atoms with Gasteiger partial charge in [0.15, 0.2) is 0 Å². The van der Waals surface area contributed by atoms with Crippen molar-refractivity contribution in [1.29, 1.82) is 0 Å². The Morgan fingerprint density at radius 2 is 2.27 bits per heavy atom. The van der Waals surface area contributed by atoms with Gasteiger partial charge in [-0.25, -0.2) is 4.98 Å². The first-order valence-corrected chi connectivity index (χ1v) is 5.01. The lowest BCUT2D eigenvalue weighted by molar-refractivity contribution is -0.137. The van der Waals surface area contributed by atoms with E-state index in [4.69, 9.17) is 33.0 Å². The Kier molecular flexibility index (Phi) is 4.65. The topological polar surface area (TPSA) is 59.4 Å². The van der Waals surface area contributed by atoms with Crippen LogP contribution in [0.5, 0.6) is 5.75 Å². The highest BCUT2D eigenvalue weighted by molar-refractivity contribution is 6.41. The van der Waals surface area contributed by atoms with Crippen molar-refractivity contribution in [3.63, 3.8) is 0 Å².